The molecule has 1 aromatic carbocycles. The first-order valence-electron chi connectivity index (χ1n) is 12.5. The SMILES string of the molecule is CCc1nc2cnc3c(cc(C(=O)NCc4ccc(Cl)cc4)c(=O)n3CC(=O)N3CC(C)(F)C3)c2n1CC. The van der Waals surface area contributed by atoms with Gasteiger partial charge in [0.05, 0.1) is 24.8 Å². The lowest BCUT2D eigenvalue weighted by Gasteiger charge is -2.42. The summed E-state index contributed by atoms with van der Waals surface area (Å²) in [5, 5.41) is 3.90. The number of likely N-dealkylation sites (tertiary alicyclic amines) is 1. The van der Waals surface area contributed by atoms with E-state index in [0.717, 1.165) is 16.9 Å². The van der Waals surface area contributed by atoms with Gasteiger partial charge in [0.2, 0.25) is 5.91 Å². The van der Waals surface area contributed by atoms with Crippen LogP contribution in [0.3, 0.4) is 0 Å². The average molecular weight is 539 g/mol. The molecule has 5 rings (SSSR count). The number of nitrogens with one attached hydrogen (secondary N) is 1. The number of carbonyl (C=O) groups is 2. The number of alkyl halides is 1. The van der Waals surface area contributed by atoms with Gasteiger partial charge in [0.1, 0.15) is 34.8 Å². The number of nitrogens with zero attached hydrogens (tertiary/aromatic N) is 5. The van der Waals surface area contributed by atoms with Crippen LogP contribution in [0.5, 0.6) is 0 Å². The zero-order chi connectivity index (χ0) is 27.2. The van der Waals surface area contributed by atoms with Crippen molar-refractivity contribution in [3.8, 4) is 0 Å². The lowest BCUT2D eigenvalue weighted by atomic mass is 9.99. The molecule has 38 heavy (non-hydrogen) atoms. The summed E-state index contributed by atoms with van der Waals surface area (Å²) in [4.78, 5) is 50.4. The standard InChI is InChI=1S/C27H28ClFN6O3/c1-4-21-32-20-12-30-24-18(23(20)34(21)5-2)10-19(25(37)31-11-16-6-8-17(28)9-7-16)26(38)35(24)13-22(36)33-14-27(3,29)15-33/h6-10,12H,4-5,11,13-15H2,1-3H3,(H,31,37). The van der Waals surface area contributed by atoms with Gasteiger partial charge < -0.3 is 14.8 Å². The molecule has 0 saturated carbocycles. The molecule has 0 radical (unpaired) electrons. The number of halogens is 2. The summed E-state index contributed by atoms with van der Waals surface area (Å²) in [6, 6.07) is 8.53. The predicted octanol–water partition coefficient (Wildman–Crippen LogP) is 3.48. The van der Waals surface area contributed by atoms with Crippen molar-refractivity contribution in [2.75, 3.05) is 13.1 Å². The van der Waals surface area contributed by atoms with Crippen LogP contribution in [0.25, 0.3) is 22.1 Å². The van der Waals surface area contributed by atoms with E-state index in [2.05, 4.69) is 15.3 Å². The molecule has 1 aliphatic heterocycles. The maximum absolute atomic E-state index is 14.1. The molecule has 1 N–H and O–H groups in total. The molecule has 9 nitrogen and oxygen atoms in total. The largest absolute Gasteiger partial charge is 0.348 e. The third-order valence-corrected chi connectivity index (χ3v) is 7.08. The summed E-state index contributed by atoms with van der Waals surface area (Å²) in [5.41, 5.74) is 0.250. The molecule has 0 spiro atoms. The van der Waals surface area contributed by atoms with Gasteiger partial charge in [-0.25, -0.2) is 14.4 Å². The molecule has 198 valence electrons. The third kappa shape index (κ3) is 4.64. The summed E-state index contributed by atoms with van der Waals surface area (Å²) in [7, 11) is 0. The van der Waals surface area contributed by atoms with Crippen LogP contribution in [-0.2, 0) is 30.8 Å². The molecule has 0 unspecified atom stereocenters. The van der Waals surface area contributed by atoms with Crippen molar-refractivity contribution >= 4 is 45.5 Å². The number of hydrogen-bond donors (Lipinski definition) is 1. The Morgan fingerprint density at radius 3 is 2.50 bits per heavy atom. The fourth-order valence-electron chi connectivity index (χ4n) is 4.95. The van der Waals surface area contributed by atoms with E-state index in [1.54, 1.807) is 30.5 Å². The van der Waals surface area contributed by atoms with E-state index in [9.17, 15) is 18.8 Å². The molecular formula is C27H28ClFN6O3. The summed E-state index contributed by atoms with van der Waals surface area (Å²) in [6.07, 6.45) is 2.26. The molecule has 1 fully saturated rings. The van der Waals surface area contributed by atoms with Crippen molar-refractivity contribution in [2.45, 2.75) is 52.5 Å². The summed E-state index contributed by atoms with van der Waals surface area (Å²) >= 11 is 5.95. The Bertz CT molecular complexity index is 1620. The van der Waals surface area contributed by atoms with Gasteiger partial charge in [0, 0.05) is 29.9 Å². The molecule has 0 bridgehead atoms. The monoisotopic (exact) mass is 538 g/mol. The number of rotatable bonds is 7. The Hall–Kier alpha value is -3.79. The van der Waals surface area contributed by atoms with Crippen LogP contribution < -0.4 is 10.9 Å². The van der Waals surface area contributed by atoms with Gasteiger partial charge >= 0.3 is 0 Å². The number of fused-ring (bicyclic) bond motifs is 3. The van der Waals surface area contributed by atoms with E-state index in [4.69, 9.17) is 11.6 Å². The second-order valence-corrected chi connectivity index (χ2v) is 10.2. The molecule has 4 aromatic rings. The maximum Gasteiger partial charge on any atom is 0.265 e. The van der Waals surface area contributed by atoms with Crippen LogP contribution in [0.2, 0.25) is 5.02 Å². The van der Waals surface area contributed by atoms with E-state index in [1.165, 1.54) is 22.5 Å². The predicted molar refractivity (Wildman–Crippen MR) is 143 cm³/mol. The number of carbonyl (C=O) groups excluding carboxylic acids is 2. The van der Waals surface area contributed by atoms with Crippen molar-refractivity contribution in [2.24, 2.45) is 0 Å². The van der Waals surface area contributed by atoms with E-state index in [1.807, 2.05) is 18.4 Å². The topological polar surface area (TPSA) is 102 Å². The molecule has 0 aliphatic carbocycles. The Morgan fingerprint density at radius 2 is 1.87 bits per heavy atom. The minimum atomic E-state index is -1.44. The number of pyridine rings is 2. The second-order valence-electron chi connectivity index (χ2n) is 9.78. The molecule has 11 heteroatoms. The van der Waals surface area contributed by atoms with Gasteiger partial charge in [-0.05, 0) is 37.6 Å². The maximum atomic E-state index is 14.1. The number of aryl methyl sites for hydroxylation is 2. The van der Waals surface area contributed by atoms with Gasteiger partial charge in [-0.3, -0.25) is 19.0 Å². The van der Waals surface area contributed by atoms with Crippen LogP contribution in [-0.4, -0.2) is 54.6 Å². The lowest BCUT2D eigenvalue weighted by Crippen LogP contribution is -2.60. The second kappa shape index (κ2) is 9.83. The highest BCUT2D eigenvalue weighted by Gasteiger charge is 2.41. The van der Waals surface area contributed by atoms with E-state index >= 15 is 0 Å². The summed E-state index contributed by atoms with van der Waals surface area (Å²) < 4.78 is 17.3. The number of benzene rings is 1. The highest BCUT2D eigenvalue weighted by atomic mass is 35.5. The highest BCUT2D eigenvalue weighted by molar-refractivity contribution is 6.30. The van der Waals surface area contributed by atoms with Crippen LogP contribution in [0, 0.1) is 0 Å². The molecule has 4 heterocycles. The average Bonchev–Trinajstić information content (AvgIpc) is 3.26. The Morgan fingerprint density at radius 1 is 1.16 bits per heavy atom. The third-order valence-electron chi connectivity index (χ3n) is 6.83. The first-order chi connectivity index (χ1) is 18.1. The molecular weight excluding hydrogens is 511 g/mol. The van der Waals surface area contributed by atoms with Gasteiger partial charge in [0.15, 0.2) is 0 Å². The first-order valence-corrected chi connectivity index (χ1v) is 12.9. The molecule has 0 atom stereocenters. The fraction of sp³-hybridized carbons (Fsp3) is 0.370. The van der Waals surface area contributed by atoms with Crippen LogP contribution >= 0.6 is 11.6 Å². The Kier molecular flexibility index (Phi) is 6.68. The van der Waals surface area contributed by atoms with Crippen molar-refractivity contribution < 1.29 is 14.0 Å². The van der Waals surface area contributed by atoms with E-state index in [-0.39, 0.29) is 37.4 Å². The van der Waals surface area contributed by atoms with E-state index < -0.39 is 23.0 Å². The van der Waals surface area contributed by atoms with Crippen LogP contribution in [0.1, 0.15) is 42.5 Å². The van der Waals surface area contributed by atoms with Gasteiger partial charge in [-0.1, -0.05) is 30.7 Å². The smallest absolute Gasteiger partial charge is 0.265 e. The normalized spacial score (nSPS) is 14.6. The minimum Gasteiger partial charge on any atom is -0.348 e. The van der Waals surface area contributed by atoms with Crippen molar-refractivity contribution in [3.63, 3.8) is 0 Å². The van der Waals surface area contributed by atoms with Crippen LogP contribution in [0.4, 0.5) is 4.39 Å². The first kappa shape index (κ1) is 25.8. The number of hydrogen-bond acceptors (Lipinski definition) is 5. The molecule has 1 saturated heterocycles. The zero-order valence-electron chi connectivity index (χ0n) is 21.4. The lowest BCUT2D eigenvalue weighted by molar-refractivity contribution is -0.144. The Balaban J connectivity index is 1.61. The van der Waals surface area contributed by atoms with E-state index in [0.29, 0.717) is 28.9 Å². The van der Waals surface area contributed by atoms with Crippen LogP contribution in [0.15, 0.2) is 41.3 Å². The zero-order valence-corrected chi connectivity index (χ0v) is 22.2. The van der Waals surface area contributed by atoms with Crippen molar-refractivity contribution in [3.05, 3.63) is 68.9 Å². The van der Waals surface area contributed by atoms with Crippen molar-refractivity contribution in [1.82, 2.24) is 29.3 Å². The number of amides is 2. The Labute approximate surface area is 223 Å². The molecule has 2 amide bonds. The van der Waals surface area contributed by atoms with Gasteiger partial charge in [-0.2, -0.15) is 0 Å². The summed E-state index contributed by atoms with van der Waals surface area (Å²) in [5.74, 6) is -0.145. The van der Waals surface area contributed by atoms with Gasteiger partial charge in [-0.15, -0.1) is 0 Å². The molecule has 1 aliphatic rings. The molecule has 3 aromatic heterocycles. The highest BCUT2D eigenvalue weighted by Crippen LogP contribution is 2.27. The number of aromatic nitrogens is 4. The summed E-state index contributed by atoms with van der Waals surface area (Å²) in [6.45, 7) is 5.79. The quantitative estimate of drug-likeness (QED) is 0.388. The number of imidazole rings is 1. The minimum absolute atomic E-state index is 0.0417. The fourth-order valence-corrected chi connectivity index (χ4v) is 5.07. The van der Waals surface area contributed by atoms with Crippen molar-refractivity contribution in [1.29, 1.82) is 0 Å². The van der Waals surface area contributed by atoms with Gasteiger partial charge in [0.25, 0.3) is 11.5 Å².